The van der Waals surface area contributed by atoms with Crippen molar-refractivity contribution >= 4 is 11.6 Å². The number of carbonyl (C=O) groups excluding carboxylic acids is 1. The summed E-state index contributed by atoms with van der Waals surface area (Å²) in [7, 11) is 0. The number of halogens is 1. The Morgan fingerprint density at radius 3 is 2.52 bits per heavy atom. The molecule has 1 aliphatic heterocycles. The van der Waals surface area contributed by atoms with Crippen molar-refractivity contribution < 1.29 is 9.18 Å². The molecule has 1 aliphatic rings. The second-order valence-corrected chi connectivity index (χ2v) is 7.45. The van der Waals surface area contributed by atoms with E-state index in [1.807, 2.05) is 6.07 Å². The highest BCUT2D eigenvalue weighted by Crippen LogP contribution is 2.20. The van der Waals surface area contributed by atoms with E-state index in [1.54, 1.807) is 18.2 Å². The van der Waals surface area contributed by atoms with E-state index in [0.29, 0.717) is 0 Å². The molecule has 0 unspecified atom stereocenters. The fraction of sp³-hybridized carbons (Fsp3) is 0.391. The van der Waals surface area contributed by atoms with Crippen LogP contribution in [0.25, 0.3) is 0 Å². The number of rotatable bonds is 7. The van der Waals surface area contributed by atoms with Crippen molar-refractivity contribution in [3.8, 4) is 6.07 Å². The lowest BCUT2D eigenvalue weighted by Crippen LogP contribution is -2.50. The summed E-state index contributed by atoms with van der Waals surface area (Å²) < 4.78 is 14.2. The highest BCUT2D eigenvalue weighted by atomic mass is 19.1. The van der Waals surface area contributed by atoms with Gasteiger partial charge in [0, 0.05) is 39.3 Å². The molecule has 3 rings (SSSR count). The van der Waals surface area contributed by atoms with E-state index in [9.17, 15) is 9.18 Å². The summed E-state index contributed by atoms with van der Waals surface area (Å²) >= 11 is 0. The van der Waals surface area contributed by atoms with Gasteiger partial charge in [-0.1, -0.05) is 42.0 Å². The van der Waals surface area contributed by atoms with E-state index in [-0.39, 0.29) is 31.1 Å². The van der Waals surface area contributed by atoms with Crippen LogP contribution in [-0.2, 0) is 11.3 Å². The summed E-state index contributed by atoms with van der Waals surface area (Å²) in [5.74, 6) is -0.612. The third-order valence-corrected chi connectivity index (χ3v) is 5.20. The number of anilines is 1. The SMILES string of the molecule is Cc1cccc(CN2CCN(CC(=O)N(CCC#N)c3ccccc3F)CC2)c1. The van der Waals surface area contributed by atoms with Crippen molar-refractivity contribution in [1.82, 2.24) is 9.80 Å². The molecule has 152 valence electrons. The number of hydrogen-bond acceptors (Lipinski definition) is 4. The summed E-state index contributed by atoms with van der Waals surface area (Å²) in [6, 6.07) is 16.8. The van der Waals surface area contributed by atoms with Gasteiger partial charge in [-0.15, -0.1) is 0 Å². The first-order valence-electron chi connectivity index (χ1n) is 9.99. The van der Waals surface area contributed by atoms with Gasteiger partial charge in [0.15, 0.2) is 0 Å². The molecule has 0 radical (unpaired) electrons. The molecule has 0 atom stereocenters. The monoisotopic (exact) mass is 394 g/mol. The zero-order chi connectivity index (χ0) is 20.6. The molecule has 2 aromatic rings. The first-order valence-corrected chi connectivity index (χ1v) is 9.99. The summed E-state index contributed by atoms with van der Waals surface area (Å²) in [6.07, 6.45) is 0.171. The highest BCUT2D eigenvalue weighted by molar-refractivity contribution is 5.95. The van der Waals surface area contributed by atoms with Crippen molar-refractivity contribution in [2.75, 3.05) is 44.2 Å². The normalized spacial score (nSPS) is 15.1. The van der Waals surface area contributed by atoms with Crippen molar-refractivity contribution in [3.63, 3.8) is 0 Å². The molecule has 0 bridgehead atoms. The average Bonchev–Trinajstić information content (AvgIpc) is 2.71. The van der Waals surface area contributed by atoms with Gasteiger partial charge in [0.05, 0.1) is 24.7 Å². The van der Waals surface area contributed by atoms with Crippen LogP contribution in [0.5, 0.6) is 0 Å². The van der Waals surface area contributed by atoms with Crippen LogP contribution in [0.1, 0.15) is 17.5 Å². The molecule has 2 aromatic carbocycles. The van der Waals surface area contributed by atoms with E-state index >= 15 is 0 Å². The quantitative estimate of drug-likeness (QED) is 0.724. The van der Waals surface area contributed by atoms with Gasteiger partial charge in [0.1, 0.15) is 5.82 Å². The summed E-state index contributed by atoms with van der Waals surface area (Å²) in [5, 5.41) is 8.90. The smallest absolute Gasteiger partial charge is 0.241 e. The Balaban J connectivity index is 1.56. The lowest BCUT2D eigenvalue weighted by atomic mass is 10.1. The Kier molecular flexibility index (Phi) is 7.34. The first-order chi connectivity index (χ1) is 14.1. The van der Waals surface area contributed by atoms with E-state index in [0.717, 1.165) is 32.7 Å². The van der Waals surface area contributed by atoms with Gasteiger partial charge in [-0.3, -0.25) is 14.6 Å². The molecular formula is C23H27FN4O. The number of nitrogens with zero attached hydrogens (tertiary/aromatic N) is 4. The molecule has 5 nitrogen and oxygen atoms in total. The van der Waals surface area contributed by atoms with Crippen LogP contribution in [-0.4, -0.2) is 55.0 Å². The van der Waals surface area contributed by atoms with E-state index in [2.05, 4.69) is 41.0 Å². The Labute approximate surface area is 171 Å². The molecule has 1 heterocycles. The van der Waals surface area contributed by atoms with Crippen molar-refractivity contribution in [2.24, 2.45) is 0 Å². The molecule has 0 N–H and O–H groups in total. The van der Waals surface area contributed by atoms with Crippen LogP contribution in [0.15, 0.2) is 48.5 Å². The topological polar surface area (TPSA) is 50.6 Å². The van der Waals surface area contributed by atoms with Crippen molar-refractivity contribution in [1.29, 1.82) is 5.26 Å². The summed E-state index contributed by atoms with van der Waals surface area (Å²) in [4.78, 5) is 18.8. The molecule has 1 saturated heterocycles. The fourth-order valence-electron chi connectivity index (χ4n) is 3.66. The van der Waals surface area contributed by atoms with Crippen LogP contribution >= 0.6 is 0 Å². The van der Waals surface area contributed by atoms with E-state index in [4.69, 9.17) is 5.26 Å². The lowest BCUT2D eigenvalue weighted by molar-refractivity contribution is -0.120. The predicted molar refractivity (Wildman–Crippen MR) is 112 cm³/mol. The first kappa shape index (κ1) is 21.0. The van der Waals surface area contributed by atoms with Gasteiger partial charge in [-0.2, -0.15) is 5.26 Å². The maximum absolute atomic E-state index is 14.2. The number of nitriles is 1. The number of aryl methyl sites for hydroxylation is 1. The maximum Gasteiger partial charge on any atom is 0.241 e. The number of hydrogen-bond donors (Lipinski definition) is 0. The third kappa shape index (κ3) is 5.86. The standard InChI is InChI=1S/C23H27FN4O/c1-19-6-4-7-20(16-19)17-26-12-14-27(15-13-26)18-23(29)28(11-5-10-25)22-9-3-2-8-21(22)24/h2-4,6-9,16H,5,11-15,17-18H2,1H3. The van der Waals surface area contributed by atoms with Gasteiger partial charge in [0.2, 0.25) is 5.91 Å². The van der Waals surface area contributed by atoms with Gasteiger partial charge in [-0.05, 0) is 24.6 Å². The Bertz CT molecular complexity index is 871. The highest BCUT2D eigenvalue weighted by Gasteiger charge is 2.24. The van der Waals surface area contributed by atoms with Gasteiger partial charge < -0.3 is 4.90 Å². The summed E-state index contributed by atoms with van der Waals surface area (Å²) in [6.45, 7) is 6.80. The average molecular weight is 394 g/mol. The van der Waals surface area contributed by atoms with Crippen LogP contribution in [0.4, 0.5) is 10.1 Å². The molecule has 0 saturated carbocycles. The zero-order valence-electron chi connectivity index (χ0n) is 16.9. The van der Waals surface area contributed by atoms with Crippen molar-refractivity contribution in [2.45, 2.75) is 19.9 Å². The Morgan fingerprint density at radius 1 is 1.10 bits per heavy atom. The van der Waals surface area contributed by atoms with Crippen molar-refractivity contribution in [3.05, 3.63) is 65.5 Å². The molecule has 6 heteroatoms. The number of piperazine rings is 1. The second kappa shape index (κ2) is 10.1. The largest absolute Gasteiger partial charge is 0.308 e. The molecule has 0 aliphatic carbocycles. The van der Waals surface area contributed by atoms with Crippen LogP contribution in [0.2, 0.25) is 0 Å². The van der Waals surface area contributed by atoms with Gasteiger partial charge >= 0.3 is 0 Å². The predicted octanol–water partition coefficient (Wildman–Crippen LogP) is 3.20. The van der Waals surface area contributed by atoms with E-state index in [1.165, 1.54) is 22.1 Å². The number of para-hydroxylation sites is 1. The molecule has 1 amide bonds. The van der Waals surface area contributed by atoms with Gasteiger partial charge in [0.25, 0.3) is 0 Å². The van der Waals surface area contributed by atoms with Crippen LogP contribution in [0.3, 0.4) is 0 Å². The fourth-order valence-corrected chi connectivity index (χ4v) is 3.66. The number of carbonyl (C=O) groups is 1. The summed E-state index contributed by atoms with van der Waals surface area (Å²) in [5.41, 5.74) is 2.81. The van der Waals surface area contributed by atoms with Gasteiger partial charge in [-0.25, -0.2) is 4.39 Å². The number of benzene rings is 2. The molecular weight excluding hydrogens is 367 g/mol. The zero-order valence-corrected chi connectivity index (χ0v) is 16.9. The third-order valence-electron chi connectivity index (χ3n) is 5.20. The molecule has 0 aromatic heterocycles. The van der Waals surface area contributed by atoms with E-state index < -0.39 is 5.82 Å². The second-order valence-electron chi connectivity index (χ2n) is 7.45. The van der Waals surface area contributed by atoms with Crippen LogP contribution in [0, 0.1) is 24.1 Å². The molecule has 29 heavy (non-hydrogen) atoms. The minimum atomic E-state index is -0.443. The Morgan fingerprint density at radius 2 is 1.83 bits per heavy atom. The lowest BCUT2D eigenvalue weighted by Gasteiger charge is -2.35. The Hall–Kier alpha value is -2.75. The maximum atomic E-state index is 14.2. The minimum Gasteiger partial charge on any atom is -0.308 e. The molecule has 1 fully saturated rings. The van der Waals surface area contributed by atoms with Crippen LogP contribution < -0.4 is 4.90 Å². The molecule has 0 spiro atoms. The number of amides is 1. The minimum absolute atomic E-state index is 0.169.